The monoisotopic (exact) mass is 294 g/mol. The van der Waals surface area contributed by atoms with Crippen LogP contribution in [-0.2, 0) is 11.2 Å². The zero-order valence-electron chi connectivity index (χ0n) is 12.6. The van der Waals surface area contributed by atoms with Crippen LogP contribution in [0.2, 0.25) is 0 Å². The first-order chi connectivity index (χ1) is 10.0. The molecule has 1 amide bonds. The minimum atomic E-state index is -0.376. The maximum atomic E-state index is 12.4. The second kappa shape index (κ2) is 6.82. The molecule has 7 nitrogen and oxygen atoms in total. The third-order valence-electron chi connectivity index (χ3n) is 3.92. The lowest BCUT2D eigenvalue weighted by Crippen LogP contribution is -2.49. The Morgan fingerprint density at radius 2 is 1.95 bits per heavy atom. The van der Waals surface area contributed by atoms with Crippen LogP contribution in [0.1, 0.15) is 17.0 Å². The Labute approximate surface area is 123 Å². The summed E-state index contributed by atoms with van der Waals surface area (Å²) in [6.45, 7) is 7.27. The smallest absolute Gasteiger partial charge is 0.345 e. The molecule has 7 heteroatoms. The van der Waals surface area contributed by atoms with Crippen molar-refractivity contribution in [1.82, 2.24) is 19.8 Å². The molecule has 0 unspecified atom stereocenters. The Balaban J connectivity index is 1.98. The molecule has 1 aliphatic rings. The quantitative estimate of drug-likeness (QED) is 0.748. The maximum absolute atomic E-state index is 12.4. The molecule has 116 valence electrons. The molecule has 0 atom stereocenters. The number of piperazine rings is 1. The van der Waals surface area contributed by atoms with E-state index in [1.807, 2.05) is 4.90 Å². The number of nitrogens with one attached hydrogen (secondary N) is 1. The lowest BCUT2D eigenvalue weighted by Gasteiger charge is -2.34. The van der Waals surface area contributed by atoms with Gasteiger partial charge in [-0.05, 0) is 13.8 Å². The number of nitrogens with zero attached hydrogens (tertiary/aromatic N) is 3. The number of carbonyl (C=O) groups excluding carboxylic acids is 1. The number of hydrogen-bond acceptors (Lipinski definition) is 5. The molecule has 1 aliphatic heterocycles. The molecular weight excluding hydrogens is 272 g/mol. The minimum absolute atomic E-state index is 0.0543. The van der Waals surface area contributed by atoms with E-state index < -0.39 is 0 Å². The van der Waals surface area contributed by atoms with Gasteiger partial charge in [-0.2, -0.15) is 4.98 Å². The molecule has 1 fully saturated rings. The number of aliphatic hydroxyl groups excluding tert-OH is 1. The Bertz CT molecular complexity index is 536. The lowest BCUT2D eigenvalue weighted by molar-refractivity contribution is -0.132. The second-order valence-corrected chi connectivity index (χ2v) is 5.35. The van der Waals surface area contributed by atoms with Crippen molar-refractivity contribution in [3.63, 3.8) is 0 Å². The van der Waals surface area contributed by atoms with Gasteiger partial charge in [0, 0.05) is 49.7 Å². The summed E-state index contributed by atoms with van der Waals surface area (Å²) in [5, 5.41) is 8.91. The standard InChI is InChI=1S/C14H22N4O3/c1-10-12(11(2)16-14(21)15-10)9-13(20)18-5-3-17(4-6-18)7-8-19/h19H,3-9H2,1-2H3,(H,15,16,21). The molecule has 1 aromatic heterocycles. The molecule has 2 rings (SSSR count). The number of H-pyrrole nitrogens is 1. The summed E-state index contributed by atoms with van der Waals surface area (Å²) in [7, 11) is 0. The summed E-state index contributed by atoms with van der Waals surface area (Å²) in [4.78, 5) is 34.1. The average molecular weight is 294 g/mol. The fraction of sp³-hybridized carbons (Fsp3) is 0.643. The van der Waals surface area contributed by atoms with Crippen LogP contribution < -0.4 is 5.69 Å². The van der Waals surface area contributed by atoms with Gasteiger partial charge in [0.25, 0.3) is 0 Å². The highest BCUT2D eigenvalue weighted by molar-refractivity contribution is 5.79. The normalized spacial score (nSPS) is 16.2. The van der Waals surface area contributed by atoms with E-state index >= 15 is 0 Å². The van der Waals surface area contributed by atoms with E-state index in [2.05, 4.69) is 14.9 Å². The van der Waals surface area contributed by atoms with Crippen molar-refractivity contribution in [2.75, 3.05) is 39.3 Å². The Hall–Kier alpha value is -1.73. The van der Waals surface area contributed by atoms with E-state index in [0.29, 0.717) is 31.0 Å². The average Bonchev–Trinajstić information content (AvgIpc) is 2.43. The van der Waals surface area contributed by atoms with Crippen molar-refractivity contribution in [3.8, 4) is 0 Å². The predicted octanol–water partition coefficient (Wildman–Crippen LogP) is -0.934. The minimum Gasteiger partial charge on any atom is -0.395 e. The third-order valence-corrected chi connectivity index (χ3v) is 3.92. The number of rotatable bonds is 4. The van der Waals surface area contributed by atoms with E-state index in [9.17, 15) is 9.59 Å². The number of amides is 1. The van der Waals surface area contributed by atoms with E-state index in [4.69, 9.17) is 5.11 Å². The van der Waals surface area contributed by atoms with Crippen LogP contribution in [0.25, 0.3) is 0 Å². The molecule has 0 aromatic carbocycles. The van der Waals surface area contributed by atoms with Gasteiger partial charge in [-0.15, -0.1) is 0 Å². The van der Waals surface area contributed by atoms with E-state index in [-0.39, 0.29) is 24.6 Å². The van der Waals surface area contributed by atoms with Crippen LogP contribution >= 0.6 is 0 Å². The number of aromatic amines is 1. The molecule has 1 saturated heterocycles. The fourth-order valence-corrected chi connectivity index (χ4v) is 2.64. The van der Waals surface area contributed by atoms with Crippen LogP contribution in [0.15, 0.2) is 4.79 Å². The van der Waals surface area contributed by atoms with Gasteiger partial charge >= 0.3 is 5.69 Å². The highest BCUT2D eigenvalue weighted by Gasteiger charge is 2.22. The molecule has 0 aliphatic carbocycles. The summed E-state index contributed by atoms with van der Waals surface area (Å²) >= 11 is 0. The van der Waals surface area contributed by atoms with E-state index in [1.165, 1.54) is 0 Å². The van der Waals surface area contributed by atoms with Crippen molar-refractivity contribution in [2.45, 2.75) is 20.3 Å². The molecule has 1 aromatic rings. The zero-order valence-corrected chi connectivity index (χ0v) is 12.6. The van der Waals surface area contributed by atoms with E-state index in [0.717, 1.165) is 18.7 Å². The highest BCUT2D eigenvalue weighted by atomic mass is 16.3. The molecule has 2 heterocycles. The fourth-order valence-electron chi connectivity index (χ4n) is 2.64. The molecular formula is C14H22N4O3. The third kappa shape index (κ3) is 3.89. The van der Waals surface area contributed by atoms with Crippen molar-refractivity contribution in [2.24, 2.45) is 0 Å². The number of aryl methyl sites for hydroxylation is 2. The summed E-state index contributed by atoms with van der Waals surface area (Å²) in [5.74, 6) is 0.0543. The largest absolute Gasteiger partial charge is 0.395 e. The van der Waals surface area contributed by atoms with Crippen LogP contribution in [0.5, 0.6) is 0 Å². The summed E-state index contributed by atoms with van der Waals surface area (Å²) < 4.78 is 0. The first kappa shape index (κ1) is 15.7. The topological polar surface area (TPSA) is 89.5 Å². The molecule has 0 radical (unpaired) electrons. The Kier molecular flexibility index (Phi) is 5.08. The van der Waals surface area contributed by atoms with E-state index in [1.54, 1.807) is 13.8 Å². The van der Waals surface area contributed by atoms with Gasteiger partial charge in [0.1, 0.15) is 0 Å². The zero-order chi connectivity index (χ0) is 15.4. The molecule has 2 N–H and O–H groups in total. The molecule has 0 saturated carbocycles. The molecule has 21 heavy (non-hydrogen) atoms. The first-order valence-electron chi connectivity index (χ1n) is 7.18. The number of aliphatic hydroxyl groups is 1. The number of hydrogen-bond donors (Lipinski definition) is 2. The van der Waals surface area contributed by atoms with Gasteiger partial charge in [0.2, 0.25) is 5.91 Å². The Morgan fingerprint density at radius 3 is 2.52 bits per heavy atom. The first-order valence-corrected chi connectivity index (χ1v) is 7.18. The molecule has 0 bridgehead atoms. The van der Waals surface area contributed by atoms with Gasteiger partial charge in [-0.1, -0.05) is 0 Å². The lowest BCUT2D eigenvalue weighted by atomic mass is 10.1. The van der Waals surface area contributed by atoms with Crippen LogP contribution in [0.4, 0.5) is 0 Å². The molecule has 0 spiro atoms. The maximum Gasteiger partial charge on any atom is 0.345 e. The number of carbonyl (C=O) groups is 1. The van der Waals surface area contributed by atoms with Gasteiger partial charge in [0.15, 0.2) is 0 Å². The van der Waals surface area contributed by atoms with Gasteiger partial charge in [-0.25, -0.2) is 4.79 Å². The van der Waals surface area contributed by atoms with Crippen LogP contribution in [0, 0.1) is 13.8 Å². The van der Waals surface area contributed by atoms with Gasteiger partial charge < -0.3 is 15.0 Å². The number of β-amino-alcohol motifs (C(OH)–C–C–N with tert-alkyl or cyclic N) is 1. The summed E-state index contributed by atoms with van der Waals surface area (Å²) in [6.07, 6.45) is 0.265. The van der Waals surface area contributed by atoms with Crippen molar-refractivity contribution >= 4 is 5.91 Å². The van der Waals surface area contributed by atoms with Crippen molar-refractivity contribution in [1.29, 1.82) is 0 Å². The summed E-state index contributed by atoms with van der Waals surface area (Å²) in [5.41, 5.74) is 1.75. The SMILES string of the molecule is Cc1nc(=O)[nH]c(C)c1CC(=O)N1CCN(CCO)CC1. The van der Waals surface area contributed by atoms with Gasteiger partial charge in [0.05, 0.1) is 13.0 Å². The highest BCUT2D eigenvalue weighted by Crippen LogP contribution is 2.11. The Morgan fingerprint density at radius 1 is 1.29 bits per heavy atom. The van der Waals surface area contributed by atoms with Crippen LogP contribution in [-0.4, -0.2) is 70.1 Å². The number of aromatic nitrogens is 2. The van der Waals surface area contributed by atoms with Crippen molar-refractivity contribution < 1.29 is 9.90 Å². The van der Waals surface area contributed by atoms with Crippen LogP contribution in [0.3, 0.4) is 0 Å². The second-order valence-electron chi connectivity index (χ2n) is 5.35. The van der Waals surface area contributed by atoms with Crippen molar-refractivity contribution in [3.05, 3.63) is 27.4 Å². The predicted molar refractivity (Wildman–Crippen MR) is 78.1 cm³/mol. The summed E-state index contributed by atoms with van der Waals surface area (Å²) in [6, 6.07) is 0. The van der Waals surface area contributed by atoms with Gasteiger partial charge in [-0.3, -0.25) is 9.69 Å².